The van der Waals surface area contributed by atoms with Gasteiger partial charge < -0.3 is 9.80 Å². The van der Waals surface area contributed by atoms with E-state index in [9.17, 15) is 9.00 Å². The number of fused-ring (bicyclic) bond motifs is 1. The molecule has 1 amide bonds. The number of thiophene rings is 1. The van der Waals surface area contributed by atoms with E-state index in [1.54, 1.807) is 6.07 Å². The average Bonchev–Trinajstić information content (AvgIpc) is 3.60. The van der Waals surface area contributed by atoms with Crippen LogP contribution >= 0.6 is 11.3 Å². The quantitative estimate of drug-likeness (QED) is 0.453. The van der Waals surface area contributed by atoms with Crippen LogP contribution in [-0.2, 0) is 28.6 Å². The Morgan fingerprint density at radius 3 is 2.49 bits per heavy atom. The zero-order valence-corrected chi connectivity index (χ0v) is 23.3. The van der Waals surface area contributed by atoms with Crippen LogP contribution < -0.4 is 10.0 Å². The van der Waals surface area contributed by atoms with Crippen LogP contribution in [-0.4, -0.2) is 47.5 Å². The molecule has 1 unspecified atom stereocenters. The van der Waals surface area contributed by atoms with Gasteiger partial charge in [-0.25, -0.2) is 9.35 Å². The number of nitrogens with two attached hydrogens (primary N) is 1. The lowest BCUT2D eigenvalue weighted by atomic mass is 9.91. The summed E-state index contributed by atoms with van der Waals surface area (Å²) in [7, 11) is 0.784. The first kappa shape index (κ1) is 27.2. The van der Waals surface area contributed by atoms with Crippen LogP contribution in [0.5, 0.6) is 0 Å². The average molecular weight is 537 g/mol. The van der Waals surface area contributed by atoms with Crippen LogP contribution in [0.3, 0.4) is 0 Å². The summed E-state index contributed by atoms with van der Waals surface area (Å²) in [4.78, 5) is 22.2. The van der Waals surface area contributed by atoms with Gasteiger partial charge in [0.25, 0.3) is 0 Å². The van der Waals surface area contributed by atoms with Gasteiger partial charge in [0.1, 0.15) is 21.0 Å². The van der Waals surface area contributed by atoms with E-state index in [0.29, 0.717) is 13.0 Å². The topological polar surface area (TPSA) is 79.0 Å². The summed E-state index contributed by atoms with van der Waals surface area (Å²) < 4.78 is 11.1. The Bertz CT molecular complexity index is 1230. The highest BCUT2D eigenvalue weighted by atomic mass is 32.2. The van der Waals surface area contributed by atoms with Crippen molar-refractivity contribution in [3.8, 4) is 0 Å². The summed E-state index contributed by atoms with van der Waals surface area (Å²) in [6.07, 6.45) is 5.28. The fourth-order valence-corrected chi connectivity index (χ4v) is 5.96. The Morgan fingerprint density at radius 2 is 1.86 bits per heavy atom. The zero-order chi connectivity index (χ0) is 26.2. The number of nitrogens with zero attached hydrogens (tertiary/aromatic N) is 3. The van der Waals surface area contributed by atoms with Crippen molar-refractivity contribution in [2.75, 3.05) is 31.6 Å². The molecule has 0 bridgehead atoms. The Labute approximate surface area is 226 Å². The van der Waals surface area contributed by atoms with Gasteiger partial charge in [0.15, 0.2) is 0 Å². The molecule has 1 aliphatic carbocycles. The van der Waals surface area contributed by atoms with Crippen molar-refractivity contribution in [2.24, 2.45) is 10.1 Å². The number of benzene rings is 2. The Balaban J connectivity index is 0.000000342. The standard InChI is InChI=1S/C25H31N3O.C4H5NOS2/c1-19(20-8-4-3-5-9-20)16-25(29)28(18-24-26-14-15-27(24)2)23-13-12-21-10-6-7-11-22(21)17-23;5-8(6)4-2-1-3-7-4/h3-5,8-9,12-13,17,19H,6-7,10-11,14-16,18H2,1-2H3;1-3H,5H2/t19-;/m0./s1. The summed E-state index contributed by atoms with van der Waals surface area (Å²) in [6, 6.07) is 20.5. The molecule has 0 saturated heterocycles. The molecule has 0 spiro atoms. The zero-order valence-electron chi connectivity index (χ0n) is 21.6. The molecule has 6 nitrogen and oxygen atoms in total. The monoisotopic (exact) mass is 536 g/mol. The molecule has 8 heteroatoms. The minimum atomic E-state index is -1.28. The maximum atomic E-state index is 13.4. The largest absolute Gasteiger partial charge is 0.360 e. The van der Waals surface area contributed by atoms with E-state index < -0.39 is 11.0 Å². The van der Waals surface area contributed by atoms with Gasteiger partial charge in [-0.2, -0.15) is 0 Å². The van der Waals surface area contributed by atoms with E-state index in [2.05, 4.69) is 54.2 Å². The number of aryl methyl sites for hydroxylation is 2. The summed E-state index contributed by atoms with van der Waals surface area (Å²) in [6.45, 7) is 4.44. The molecule has 2 heterocycles. The van der Waals surface area contributed by atoms with Crippen molar-refractivity contribution in [3.05, 3.63) is 82.7 Å². The van der Waals surface area contributed by atoms with Gasteiger partial charge in [0, 0.05) is 25.7 Å². The van der Waals surface area contributed by atoms with Gasteiger partial charge in [-0.1, -0.05) is 49.4 Å². The third-order valence-electron chi connectivity index (χ3n) is 6.96. The number of rotatable bonds is 7. The highest BCUT2D eigenvalue weighted by Crippen LogP contribution is 2.28. The number of hydrogen-bond donors (Lipinski definition) is 1. The van der Waals surface area contributed by atoms with Crippen LogP contribution in [0.2, 0.25) is 0 Å². The number of aliphatic imine (C=N–C) groups is 1. The number of likely N-dealkylation sites (N-methyl/N-ethyl adjacent to an activating group) is 1. The first-order valence-electron chi connectivity index (χ1n) is 12.8. The van der Waals surface area contributed by atoms with Crippen LogP contribution in [0, 0.1) is 0 Å². The molecular formula is C29H36N4O2S2. The molecule has 0 radical (unpaired) electrons. The summed E-state index contributed by atoms with van der Waals surface area (Å²) >= 11 is 1.41. The first-order chi connectivity index (χ1) is 17.9. The Kier molecular flexibility index (Phi) is 9.66. The molecule has 37 heavy (non-hydrogen) atoms. The van der Waals surface area contributed by atoms with Gasteiger partial charge in [-0.05, 0) is 71.9 Å². The molecule has 5 rings (SSSR count). The Morgan fingerprint density at radius 1 is 1.11 bits per heavy atom. The number of anilines is 1. The lowest BCUT2D eigenvalue weighted by molar-refractivity contribution is -0.118. The van der Waals surface area contributed by atoms with Crippen LogP contribution in [0.25, 0.3) is 0 Å². The lowest BCUT2D eigenvalue weighted by Gasteiger charge is -2.28. The molecule has 2 N–H and O–H groups in total. The van der Waals surface area contributed by atoms with Crippen LogP contribution in [0.15, 0.2) is 75.2 Å². The second kappa shape index (κ2) is 13.1. The minimum absolute atomic E-state index is 0.167. The second-order valence-electron chi connectivity index (χ2n) is 9.60. The molecule has 2 aromatic carbocycles. The molecule has 1 aliphatic heterocycles. The van der Waals surface area contributed by atoms with Gasteiger partial charge in [0.05, 0.1) is 13.1 Å². The molecule has 0 saturated carbocycles. The van der Waals surface area contributed by atoms with E-state index >= 15 is 0 Å². The molecule has 2 aliphatic rings. The fourth-order valence-electron chi connectivity index (χ4n) is 4.75. The van der Waals surface area contributed by atoms with E-state index in [1.807, 2.05) is 34.5 Å². The molecule has 2 atom stereocenters. The van der Waals surface area contributed by atoms with E-state index in [4.69, 9.17) is 5.14 Å². The number of hydrogen-bond acceptors (Lipinski definition) is 5. The van der Waals surface area contributed by atoms with Gasteiger partial charge in [-0.3, -0.25) is 9.79 Å². The van der Waals surface area contributed by atoms with Crippen LogP contribution in [0.1, 0.15) is 48.8 Å². The molecule has 196 valence electrons. The Hall–Kier alpha value is -2.81. The molecule has 1 aromatic heterocycles. The van der Waals surface area contributed by atoms with Crippen molar-refractivity contribution < 1.29 is 9.00 Å². The van der Waals surface area contributed by atoms with Crippen molar-refractivity contribution in [2.45, 2.75) is 49.2 Å². The van der Waals surface area contributed by atoms with Gasteiger partial charge >= 0.3 is 0 Å². The third-order valence-corrected chi connectivity index (χ3v) is 8.93. The summed E-state index contributed by atoms with van der Waals surface area (Å²) in [5.41, 5.74) is 5.07. The predicted molar refractivity (Wildman–Crippen MR) is 155 cm³/mol. The van der Waals surface area contributed by atoms with Crippen molar-refractivity contribution in [1.82, 2.24) is 4.90 Å². The SMILES string of the molecule is C[C@@H](CC(=O)N(CC1=NCCN1C)c1ccc2c(c1)CCCC2)c1ccccc1.NS(=O)c1cccs1. The fraction of sp³-hybridized carbons (Fsp3) is 0.379. The van der Waals surface area contributed by atoms with Crippen molar-refractivity contribution >= 4 is 39.8 Å². The third kappa shape index (κ3) is 7.37. The predicted octanol–water partition coefficient (Wildman–Crippen LogP) is 5.17. The van der Waals surface area contributed by atoms with Gasteiger partial charge in [0.2, 0.25) is 5.91 Å². The van der Waals surface area contributed by atoms with Crippen molar-refractivity contribution in [1.29, 1.82) is 0 Å². The highest BCUT2D eigenvalue weighted by molar-refractivity contribution is 7.85. The molecule has 0 fully saturated rings. The normalized spacial score (nSPS) is 16.2. The second-order valence-corrected chi connectivity index (χ2v) is 11.8. The number of amides is 1. The number of carbonyl (C=O) groups is 1. The lowest BCUT2D eigenvalue weighted by Crippen LogP contribution is -2.40. The van der Waals surface area contributed by atoms with E-state index in [-0.39, 0.29) is 11.8 Å². The van der Waals surface area contributed by atoms with Crippen molar-refractivity contribution in [3.63, 3.8) is 0 Å². The van der Waals surface area contributed by atoms with E-state index in [1.165, 1.54) is 40.9 Å². The number of amidine groups is 1. The summed E-state index contributed by atoms with van der Waals surface area (Å²) in [5.74, 6) is 1.36. The minimum Gasteiger partial charge on any atom is -0.360 e. The maximum Gasteiger partial charge on any atom is 0.228 e. The van der Waals surface area contributed by atoms with E-state index in [0.717, 1.165) is 41.7 Å². The first-order valence-corrected chi connectivity index (χ1v) is 14.9. The molecular weight excluding hydrogens is 500 g/mol. The smallest absolute Gasteiger partial charge is 0.228 e. The van der Waals surface area contributed by atoms with Crippen LogP contribution in [0.4, 0.5) is 5.69 Å². The highest BCUT2D eigenvalue weighted by Gasteiger charge is 2.24. The maximum absolute atomic E-state index is 13.4. The summed E-state index contributed by atoms with van der Waals surface area (Å²) in [5, 5.41) is 6.89. The molecule has 3 aromatic rings. The van der Waals surface area contributed by atoms with Gasteiger partial charge in [-0.15, -0.1) is 11.3 Å². The number of carbonyl (C=O) groups excluding carboxylic acids is 1.